The van der Waals surface area contributed by atoms with Gasteiger partial charge < -0.3 is 9.47 Å². The van der Waals surface area contributed by atoms with E-state index < -0.39 is 0 Å². The number of likely N-dealkylation sites (tertiary alicyclic amines) is 1. The zero-order chi connectivity index (χ0) is 14.5. The van der Waals surface area contributed by atoms with Crippen molar-refractivity contribution in [3.8, 4) is 17.6 Å². The second-order valence-corrected chi connectivity index (χ2v) is 5.74. The van der Waals surface area contributed by atoms with Gasteiger partial charge in [0.15, 0.2) is 11.5 Å². The summed E-state index contributed by atoms with van der Waals surface area (Å²) < 4.78 is 11.4. The first-order valence-corrected chi connectivity index (χ1v) is 7.92. The van der Waals surface area contributed by atoms with Crippen LogP contribution in [-0.2, 0) is 0 Å². The molecule has 0 N–H and O–H groups in total. The molecule has 0 amide bonds. The van der Waals surface area contributed by atoms with Crippen molar-refractivity contribution in [1.29, 1.82) is 5.26 Å². The third-order valence-electron chi connectivity index (χ3n) is 4.22. The minimum Gasteiger partial charge on any atom is -0.490 e. The van der Waals surface area contributed by atoms with Gasteiger partial charge in [-0.05, 0) is 43.6 Å². The van der Waals surface area contributed by atoms with Crippen LogP contribution in [0.2, 0.25) is 0 Å². The van der Waals surface area contributed by atoms with Gasteiger partial charge in [0.25, 0.3) is 0 Å². The summed E-state index contributed by atoms with van der Waals surface area (Å²) in [5, 5.41) is 9.62. The van der Waals surface area contributed by atoms with Crippen LogP contribution in [0.25, 0.3) is 0 Å². The number of fused-ring (bicyclic) bond motifs is 1. The van der Waals surface area contributed by atoms with E-state index in [2.05, 4.69) is 11.0 Å². The lowest BCUT2D eigenvalue weighted by Gasteiger charge is -2.26. The van der Waals surface area contributed by atoms with Crippen LogP contribution in [0.1, 0.15) is 43.7 Å². The molecule has 1 saturated heterocycles. The van der Waals surface area contributed by atoms with Crippen molar-refractivity contribution in [2.45, 2.75) is 38.1 Å². The van der Waals surface area contributed by atoms with Gasteiger partial charge in [0.05, 0.1) is 19.3 Å². The predicted octanol–water partition coefficient (Wildman–Crippen LogP) is 3.29. The van der Waals surface area contributed by atoms with Gasteiger partial charge in [-0.15, -0.1) is 0 Å². The lowest BCUT2D eigenvalue weighted by Crippen LogP contribution is -2.28. The highest BCUT2D eigenvalue weighted by atomic mass is 16.5. The summed E-state index contributed by atoms with van der Waals surface area (Å²) in [6.07, 6.45) is 5.81. The van der Waals surface area contributed by atoms with Crippen molar-refractivity contribution in [3.63, 3.8) is 0 Å². The highest BCUT2D eigenvalue weighted by Gasteiger charge is 2.23. The Morgan fingerprint density at radius 2 is 1.67 bits per heavy atom. The number of nitrogens with zero attached hydrogens (tertiary/aromatic N) is 2. The maximum Gasteiger partial charge on any atom is 0.161 e. The summed E-state index contributed by atoms with van der Waals surface area (Å²) in [5.41, 5.74) is 1.02. The van der Waals surface area contributed by atoms with Crippen LogP contribution in [-0.4, -0.2) is 31.2 Å². The summed E-state index contributed by atoms with van der Waals surface area (Å²) in [4.78, 5) is 2.30. The Bertz CT molecular complexity index is 516. The van der Waals surface area contributed by atoms with Crippen LogP contribution in [0.4, 0.5) is 0 Å². The second-order valence-electron chi connectivity index (χ2n) is 5.74. The van der Waals surface area contributed by atoms with Gasteiger partial charge in [-0.3, -0.25) is 4.90 Å². The fourth-order valence-electron chi connectivity index (χ4n) is 3.07. The minimum atomic E-state index is -0.180. The zero-order valence-corrected chi connectivity index (χ0v) is 12.4. The zero-order valence-electron chi connectivity index (χ0n) is 12.4. The van der Waals surface area contributed by atoms with E-state index in [0.29, 0.717) is 13.2 Å². The molecule has 2 heterocycles. The van der Waals surface area contributed by atoms with E-state index in [1.165, 1.54) is 25.7 Å². The van der Waals surface area contributed by atoms with E-state index >= 15 is 0 Å². The molecule has 0 aliphatic carbocycles. The molecular weight excluding hydrogens is 264 g/mol. The molecule has 2 aliphatic rings. The average molecular weight is 286 g/mol. The molecule has 1 unspecified atom stereocenters. The Hall–Kier alpha value is -1.73. The molecule has 4 heteroatoms. The van der Waals surface area contributed by atoms with Gasteiger partial charge in [-0.1, -0.05) is 18.9 Å². The Labute approximate surface area is 126 Å². The van der Waals surface area contributed by atoms with Crippen LogP contribution >= 0.6 is 0 Å². The first-order chi connectivity index (χ1) is 10.4. The summed E-state index contributed by atoms with van der Waals surface area (Å²) in [7, 11) is 0. The average Bonchev–Trinajstić information content (AvgIpc) is 2.90. The van der Waals surface area contributed by atoms with Crippen LogP contribution in [0.15, 0.2) is 18.2 Å². The standard InChI is InChI=1S/C17H22N2O2/c18-13-15(19-8-3-1-2-4-9-19)14-6-7-16-17(12-14)21-11-5-10-20-16/h6-7,12,15H,1-5,8-11H2. The molecule has 0 aromatic heterocycles. The maximum atomic E-state index is 9.62. The van der Waals surface area contributed by atoms with Crippen molar-refractivity contribution >= 4 is 0 Å². The molecule has 2 aliphatic heterocycles. The molecule has 21 heavy (non-hydrogen) atoms. The fourth-order valence-corrected chi connectivity index (χ4v) is 3.07. The molecule has 1 fully saturated rings. The van der Waals surface area contributed by atoms with Crippen LogP contribution in [0, 0.1) is 11.3 Å². The molecule has 112 valence electrons. The van der Waals surface area contributed by atoms with Crippen molar-refractivity contribution in [2.24, 2.45) is 0 Å². The van der Waals surface area contributed by atoms with Crippen LogP contribution in [0.5, 0.6) is 11.5 Å². The number of ether oxygens (including phenoxy) is 2. The van der Waals surface area contributed by atoms with Crippen LogP contribution < -0.4 is 9.47 Å². The maximum absolute atomic E-state index is 9.62. The number of benzene rings is 1. The first kappa shape index (κ1) is 14.2. The lowest BCUT2D eigenvalue weighted by atomic mass is 10.1. The normalized spacial score (nSPS) is 20.9. The first-order valence-electron chi connectivity index (χ1n) is 7.92. The summed E-state index contributed by atoms with van der Waals surface area (Å²) >= 11 is 0. The number of hydrogen-bond donors (Lipinski definition) is 0. The molecule has 0 bridgehead atoms. The minimum absolute atomic E-state index is 0.180. The molecule has 1 aromatic carbocycles. The van der Waals surface area contributed by atoms with Crippen LogP contribution in [0.3, 0.4) is 0 Å². The molecule has 1 aromatic rings. The lowest BCUT2D eigenvalue weighted by molar-refractivity contribution is 0.245. The molecule has 3 rings (SSSR count). The monoisotopic (exact) mass is 286 g/mol. The fraction of sp³-hybridized carbons (Fsp3) is 0.588. The van der Waals surface area contributed by atoms with Crippen molar-refractivity contribution in [3.05, 3.63) is 23.8 Å². The van der Waals surface area contributed by atoms with Gasteiger partial charge in [0.1, 0.15) is 6.04 Å². The quantitative estimate of drug-likeness (QED) is 0.837. The Kier molecular flexibility index (Phi) is 4.62. The van der Waals surface area contributed by atoms with Crippen molar-refractivity contribution < 1.29 is 9.47 Å². The van der Waals surface area contributed by atoms with Gasteiger partial charge in [0, 0.05) is 6.42 Å². The van der Waals surface area contributed by atoms with E-state index in [1.807, 2.05) is 18.2 Å². The third-order valence-corrected chi connectivity index (χ3v) is 4.22. The summed E-state index contributed by atoms with van der Waals surface area (Å²) in [5.74, 6) is 1.57. The smallest absolute Gasteiger partial charge is 0.161 e. The van der Waals surface area contributed by atoms with Gasteiger partial charge in [-0.2, -0.15) is 5.26 Å². The molecule has 1 atom stereocenters. The largest absolute Gasteiger partial charge is 0.490 e. The Morgan fingerprint density at radius 3 is 2.38 bits per heavy atom. The molecule has 4 nitrogen and oxygen atoms in total. The molecule has 0 saturated carbocycles. The molecular formula is C17H22N2O2. The third kappa shape index (κ3) is 3.30. The predicted molar refractivity (Wildman–Crippen MR) is 80.4 cm³/mol. The SMILES string of the molecule is N#CC(c1ccc2c(c1)OCCCO2)N1CCCCCC1. The van der Waals surface area contributed by atoms with E-state index in [-0.39, 0.29) is 6.04 Å². The van der Waals surface area contributed by atoms with Crippen molar-refractivity contribution in [2.75, 3.05) is 26.3 Å². The topological polar surface area (TPSA) is 45.5 Å². The summed E-state index contributed by atoms with van der Waals surface area (Å²) in [6.45, 7) is 3.39. The highest BCUT2D eigenvalue weighted by Crippen LogP contribution is 2.34. The van der Waals surface area contributed by atoms with Gasteiger partial charge in [-0.25, -0.2) is 0 Å². The van der Waals surface area contributed by atoms with E-state index in [4.69, 9.17) is 9.47 Å². The van der Waals surface area contributed by atoms with E-state index in [1.54, 1.807) is 0 Å². The van der Waals surface area contributed by atoms with E-state index in [9.17, 15) is 5.26 Å². The Morgan fingerprint density at radius 1 is 0.952 bits per heavy atom. The number of hydrogen-bond acceptors (Lipinski definition) is 4. The van der Waals surface area contributed by atoms with Crippen molar-refractivity contribution in [1.82, 2.24) is 4.90 Å². The second kappa shape index (κ2) is 6.82. The Balaban J connectivity index is 1.83. The van der Waals surface area contributed by atoms with E-state index in [0.717, 1.165) is 36.6 Å². The van der Waals surface area contributed by atoms with Gasteiger partial charge in [0.2, 0.25) is 0 Å². The number of nitriles is 1. The highest BCUT2D eigenvalue weighted by molar-refractivity contribution is 5.45. The molecule has 0 spiro atoms. The summed E-state index contributed by atoms with van der Waals surface area (Å²) in [6, 6.07) is 8.22. The molecule has 0 radical (unpaired) electrons. The number of rotatable bonds is 2. The van der Waals surface area contributed by atoms with Gasteiger partial charge >= 0.3 is 0 Å².